The van der Waals surface area contributed by atoms with E-state index >= 15 is 0 Å². The van der Waals surface area contributed by atoms with Crippen LogP contribution in [-0.4, -0.2) is 38.7 Å². The smallest absolute Gasteiger partial charge is 0.229 e. The Morgan fingerprint density at radius 3 is 2.83 bits per heavy atom. The number of hydrogen-bond donors (Lipinski definition) is 3. The number of H-pyrrole nitrogens is 1. The first-order valence-corrected chi connectivity index (χ1v) is 9.82. The van der Waals surface area contributed by atoms with Crippen molar-refractivity contribution < 1.29 is 0 Å². The fraction of sp³-hybridized carbons (Fsp3) is 0.190. The monoisotopic (exact) mass is 405 g/mol. The van der Waals surface area contributed by atoms with E-state index in [2.05, 4.69) is 60.9 Å². The largest absolute Gasteiger partial charge is 0.339 e. The molecule has 1 aliphatic heterocycles. The molecule has 1 aliphatic rings. The third-order valence-electron chi connectivity index (χ3n) is 5.11. The number of halogens is 1. The molecule has 0 saturated heterocycles. The molecule has 146 valence electrons. The highest BCUT2D eigenvalue weighted by Crippen LogP contribution is 2.27. The minimum absolute atomic E-state index is 0.454. The summed E-state index contributed by atoms with van der Waals surface area (Å²) in [5.41, 5.74) is 5.56. The van der Waals surface area contributed by atoms with Crippen LogP contribution in [0.25, 0.3) is 10.9 Å². The molecule has 0 unspecified atom stereocenters. The number of likely N-dealkylation sites (N-methyl/N-ethyl adjacent to an activating group) is 1. The molecule has 4 aromatic rings. The summed E-state index contributed by atoms with van der Waals surface area (Å²) in [6, 6.07) is 12.3. The van der Waals surface area contributed by atoms with Crippen molar-refractivity contribution in [1.29, 1.82) is 0 Å². The lowest BCUT2D eigenvalue weighted by atomic mass is 9.99. The quantitative estimate of drug-likeness (QED) is 0.464. The Hall–Kier alpha value is -3.16. The maximum absolute atomic E-state index is 6.32. The van der Waals surface area contributed by atoms with Crippen LogP contribution in [0.1, 0.15) is 11.1 Å². The van der Waals surface area contributed by atoms with Gasteiger partial charge in [-0.15, -0.1) is 0 Å². The predicted molar refractivity (Wildman–Crippen MR) is 116 cm³/mol. The van der Waals surface area contributed by atoms with Gasteiger partial charge in [-0.25, -0.2) is 4.98 Å². The minimum Gasteiger partial charge on any atom is -0.339 e. The van der Waals surface area contributed by atoms with E-state index in [9.17, 15) is 0 Å². The predicted octanol–water partition coefficient (Wildman–Crippen LogP) is 4.48. The zero-order valence-electron chi connectivity index (χ0n) is 15.9. The summed E-state index contributed by atoms with van der Waals surface area (Å²) >= 11 is 6.32. The van der Waals surface area contributed by atoms with Crippen LogP contribution >= 0.6 is 11.6 Å². The first-order chi connectivity index (χ1) is 14.1. The van der Waals surface area contributed by atoms with Crippen molar-refractivity contribution in [3.05, 3.63) is 64.9 Å². The number of aromatic nitrogens is 4. The lowest BCUT2D eigenvalue weighted by molar-refractivity contribution is 0.313. The highest BCUT2D eigenvalue weighted by atomic mass is 35.5. The molecule has 0 fully saturated rings. The fourth-order valence-corrected chi connectivity index (χ4v) is 3.72. The number of benzene rings is 2. The van der Waals surface area contributed by atoms with Gasteiger partial charge in [0.1, 0.15) is 5.02 Å². The van der Waals surface area contributed by atoms with Gasteiger partial charge in [0, 0.05) is 29.9 Å². The van der Waals surface area contributed by atoms with Crippen molar-refractivity contribution in [2.75, 3.05) is 24.2 Å². The van der Waals surface area contributed by atoms with E-state index in [1.165, 1.54) is 11.1 Å². The normalized spacial score (nSPS) is 14.0. The summed E-state index contributed by atoms with van der Waals surface area (Å²) in [7, 11) is 2.14. The molecule has 0 amide bonds. The third kappa shape index (κ3) is 3.74. The molecule has 3 heterocycles. The second-order valence-corrected chi connectivity index (χ2v) is 7.69. The van der Waals surface area contributed by atoms with Crippen LogP contribution in [0.4, 0.5) is 23.1 Å². The molecule has 29 heavy (non-hydrogen) atoms. The van der Waals surface area contributed by atoms with Crippen LogP contribution in [-0.2, 0) is 13.0 Å². The van der Waals surface area contributed by atoms with Crippen LogP contribution < -0.4 is 10.6 Å². The molecule has 0 radical (unpaired) electrons. The molecule has 8 heteroatoms. The number of hydrogen-bond acceptors (Lipinski definition) is 6. The fourth-order valence-electron chi connectivity index (χ4n) is 3.58. The topological polar surface area (TPSA) is 81.8 Å². The number of anilines is 4. The zero-order chi connectivity index (χ0) is 19.8. The molecule has 0 spiro atoms. The second-order valence-electron chi connectivity index (χ2n) is 7.28. The van der Waals surface area contributed by atoms with E-state index < -0.39 is 0 Å². The van der Waals surface area contributed by atoms with Crippen molar-refractivity contribution in [2.45, 2.75) is 13.0 Å². The van der Waals surface area contributed by atoms with E-state index in [0.717, 1.165) is 41.8 Å². The van der Waals surface area contributed by atoms with Crippen molar-refractivity contribution in [3.8, 4) is 0 Å². The van der Waals surface area contributed by atoms with Gasteiger partial charge in [-0.3, -0.25) is 5.10 Å². The summed E-state index contributed by atoms with van der Waals surface area (Å²) in [6.07, 6.45) is 4.46. The molecular formula is C21H20ClN7. The van der Waals surface area contributed by atoms with Crippen LogP contribution in [0.15, 0.2) is 48.8 Å². The third-order valence-corrected chi connectivity index (χ3v) is 5.39. The van der Waals surface area contributed by atoms with Crippen LogP contribution in [0.3, 0.4) is 0 Å². The molecule has 7 nitrogen and oxygen atoms in total. The summed E-state index contributed by atoms with van der Waals surface area (Å²) < 4.78 is 0. The van der Waals surface area contributed by atoms with Crippen molar-refractivity contribution in [3.63, 3.8) is 0 Å². The lowest BCUT2D eigenvalue weighted by Gasteiger charge is -2.25. The maximum atomic E-state index is 6.32. The Morgan fingerprint density at radius 2 is 1.90 bits per heavy atom. The van der Waals surface area contributed by atoms with Gasteiger partial charge < -0.3 is 15.5 Å². The molecule has 0 aliphatic carbocycles. The highest BCUT2D eigenvalue weighted by Gasteiger charge is 2.14. The maximum Gasteiger partial charge on any atom is 0.229 e. The van der Waals surface area contributed by atoms with Crippen LogP contribution in [0.5, 0.6) is 0 Å². The highest BCUT2D eigenvalue weighted by molar-refractivity contribution is 6.32. The van der Waals surface area contributed by atoms with Crippen LogP contribution in [0, 0.1) is 0 Å². The van der Waals surface area contributed by atoms with Crippen molar-refractivity contribution >= 4 is 45.6 Å². The Kier molecular flexibility index (Phi) is 4.54. The second kappa shape index (κ2) is 7.35. The molecule has 0 saturated carbocycles. The van der Waals surface area contributed by atoms with E-state index in [0.29, 0.717) is 16.8 Å². The summed E-state index contributed by atoms with van der Waals surface area (Å²) in [4.78, 5) is 11.2. The van der Waals surface area contributed by atoms with Gasteiger partial charge in [-0.1, -0.05) is 17.7 Å². The Balaban J connectivity index is 1.38. The van der Waals surface area contributed by atoms with Gasteiger partial charge in [0.15, 0.2) is 5.82 Å². The number of rotatable bonds is 4. The average Bonchev–Trinajstić information content (AvgIpc) is 3.18. The van der Waals surface area contributed by atoms with E-state index in [-0.39, 0.29) is 0 Å². The minimum atomic E-state index is 0.454. The standard InChI is InChI=1S/C21H20ClN7/c1-29-7-6-13-2-3-17(9-15(13)12-29)26-21-23-11-18(22)20(27-21)25-16-4-5-19-14(8-16)10-24-28-19/h2-5,8-11H,6-7,12H2,1H3,(H,24,28)(H2,23,25,26,27). The summed E-state index contributed by atoms with van der Waals surface area (Å²) in [5.74, 6) is 1.04. The molecule has 2 aromatic heterocycles. The van der Waals surface area contributed by atoms with Crippen molar-refractivity contribution in [2.24, 2.45) is 0 Å². The van der Waals surface area contributed by atoms with Crippen molar-refractivity contribution in [1.82, 2.24) is 25.1 Å². The number of fused-ring (bicyclic) bond motifs is 2. The van der Waals surface area contributed by atoms with E-state index in [1.54, 1.807) is 12.4 Å². The molecular weight excluding hydrogens is 386 g/mol. The zero-order valence-corrected chi connectivity index (χ0v) is 16.7. The number of nitrogens with zero attached hydrogens (tertiary/aromatic N) is 4. The Bertz CT molecular complexity index is 1190. The number of aromatic amines is 1. The van der Waals surface area contributed by atoms with Gasteiger partial charge in [0.05, 0.1) is 17.9 Å². The summed E-state index contributed by atoms with van der Waals surface area (Å²) in [5, 5.41) is 15.0. The average molecular weight is 406 g/mol. The Morgan fingerprint density at radius 1 is 1.03 bits per heavy atom. The van der Waals surface area contributed by atoms with E-state index in [1.807, 2.05) is 18.2 Å². The molecule has 5 rings (SSSR count). The Labute approximate surface area is 173 Å². The first-order valence-electron chi connectivity index (χ1n) is 9.44. The first kappa shape index (κ1) is 17.9. The van der Waals surface area contributed by atoms with Crippen LogP contribution in [0.2, 0.25) is 5.02 Å². The number of nitrogens with one attached hydrogen (secondary N) is 3. The molecule has 3 N–H and O–H groups in total. The molecule has 0 bridgehead atoms. The van der Waals surface area contributed by atoms with Gasteiger partial charge in [0.25, 0.3) is 0 Å². The van der Waals surface area contributed by atoms with E-state index in [4.69, 9.17) is 11.6 Å². The SMILES string of the molecule is CN1CCc2ccc(Nc3ncc(Cl)c(Nc4ccc5[nH]ncc5c4)n3)cc2C1. The lowest BCUT2D eigenvalue weighted by Crippen LogP contribution is -2.26. The molecule has 0 atom stereocenters. The van der Waals surface area contributed by atoms with Gasteiger partial charge in [-0.05, 0) is 54.9 Å². The summed E-state index contributed by atoms with van der Waals surface area (Å²) in [6.45, 7) is 2.05. The van der Waals surface area contributed by atoms with Gasteiger partial charge in [-0.2, -0.15) is 10.1 Å². The molecule has 2 aromatic carbocycles. The van der Waals surface area contributed by atoms with Gasteiger partial charge >= 0.3 is 0 Å². The van der Waals surface area contributed by atoms with Gasteiger partial charge in [0.2, 0.25) is 5.95 Å².